The van der Waals surface area contributed by atoms with E-state index in [2.05, 4.69) is 5.32 Å². The van der Waals surface area contributed by atoms with E-state index in [-0.39, 0.29) is 24.6 Å². The SMILES string of the molecule is CS(=O)(=O)CCC(NC(=O)C1(CN)CCCCC1)C(=O)O. The third-order valence-corrected chi connectivity index (χ3v) is 5.04. The molecule has 0 heterocycles. The number of amides is 1. The van der Waals surface area contributed by atoms with Gasteiger partial charge in [0.1, 0.15) is 15.9 Å². The van der Waals surface area contributed by atoms with Crippen LogP contribution in [0.3, 0.4) is 0 Å². The van der Waals surface area contributed by atoms with Crippen LogP contribution in [0.15, 0.2) is 0 Å². The number of aliphatic carboxylic acids is 1. The molecule has 1 fully saturated rings. The monoisotopic (exact) mass is 320 g/mol. The highest BCUT2D eigenvalue weighted by atomic mass is 32.2. The van der Waals surface area contributed by atoms with Crippen molar-refractivity contribution < 1.29 is 23.1 Å². The Bertz CT molecular complexity index is 483. The van der Waals surface area contributed by atoms with Crippen LogP contribution in [0.4, 0.5) is 0 Å². The Morgan fingerprint density at radius 1 is 1.29 bits per heavy atom. The molecule has 0 aromatic rings. The Morgan fingerprint density at radius 2 is 1.86 bits per heavy atom. The van der Waals surface area contributed by atoms with Gasteiger partial charge < -0.3 is 16.2 Å². The largest absolute Gasteiger partial charge is 0.480 e. The van der Waals surface area contributed by atoms with Crippen molar-refractivity contribution >= 4 is 21.7 Å². The van der Waals surface area contributed by atoms with Crippen LogP contribution in [0.25, 0.3) is 0 Å². The summed E-state index contributed by atoms with van der Waals surface area (Å²) in [7, 11) is -3.27. The minimum Gasteiger partial charge on any atom is -0.480 e. The van der Waals surface area contributed by atoms with E-state index in [1.54, 1.807) is 0 Å². The van der Waals surface area contributed by atoms with Gasteiger partial charge in [0.2, 0.25) is 5.91 Å². The molecule has 1 rings (SSSR count). The summed E-state index contributed by atoms with van der Waals surface area (Å²) in [6.45, 7) is 0.178. The Kier molecular flexibility index (Phi) is 6.15. The summed E-state index contributed by atoms with van der Waals surface area (Å²) in [6.07, 6.45) is 5.03. The maximum absolute atomic E-state index is 12.4. The van der Waals surface area contributed by atoms with Crippen molar-refractivity contribution in [1.82, 2.24) is 5.32 Å². The summed E-state index contributed by atoms with van der Waals surface area (Å²) < 4.78 is 22.3. The zero-order chi connectivity index (χ0) is 16.1. The standard InChI is InChI=1S/C13H24N2O5S/c1-21(19,20)8-5-10(11(16)17)15-12(18)13(9-14)6-3-2-4-7-13/h10H,2-9,14H2,1H3,(H,15,18)(H,16,17). The molecule has 1 aliphatic rings. The van der Waals surface area contributed by atoms with Gasteiger partial charge in [-0.25, -0.2) is 13.2 Å². The molecule has 0 saturated heterocycles. The third-order valence-electron chi connectivity index (χ3n) is 4.06. The summed E-state index contributed by atoms with van der Waals surface area (Å²) in [4.78, 5) is 23.6. The number of nitrogens with two attached hydrogens (primary N) is 1. The molecule has 0 bridgehead atoms. The fourth-order valence-corrected chi connectivity index (χ4v) is 3.32. The average molecular weight is 320 g/mol. The first-order chi connectivity index (χ1) is 9.70. The molecule has 21 heavy (non-hydrogen) atoms. The molecule has 0 radical (unpaired) electrons. The van der Waals surface area contributed by atoms with Gasteiger partial charge in [-0.2, -0.15) is 0 Å². The molecule has 0 spiro atoms. The third kappa shape index (κ3) is 5.28. The van der Waals surface area contributed by atoms with E-state index < -0.39 is 27.3 Å². The van der Waals surface area contributed by atoms with Crippen LogP contribution in [-0.4, -0.2) is 50.0 Å². The molecule has 4 N–H and O–H groups in total. The molecule has 8 heteroatoms. The molecule has 0 aliphatic heterocycles. The highest BCUT2D eigenvalue weighted by Crippen LogP contribution is 2.35. The second-order valence-electron chi connectivity index (χ2n) is 5.83. The minimum atomic E-state index is -3.27. The molecule has 7 nitrogen and oxygen atoms in total. The first-order valence-electron chi connectivity index (χ1n) is 7.12. The summed E-state index contributed by atoms with van der Waals surface area (Å²) in [5, 5.41) is 11.6. The minimum absolute atomic E-state index is 0.138. The first kappa shape index (κ1) is 17.9. The van der Waals surface area contributed by atoms with Crippen molar-refractivity contribution in [2.24, 2.45) is 11.1 Å². The summed E-state index contributed by atoms with van der Waals surface area (Å²) in [5.74, 6) is -1.87. The lowest BCUT2D eigenvalue weighted by Crippen LogP contribution is -2.52. The number of hydrogen-bond acceptors (Lipinski definition) is 5. The maximum Gasteiger partial charge on any atom is 0.326 e. The van der Waals surface area contributed by atoms with Crippen LogP contribution < -0.4 is 11.1 Å². The Balaban J connectivity index is 2.73. The summed E-state index contributed by atoms with van der Waals surface area (Å²) in [6, 6.07) is -1.20. The van der Waals surface area contributed by atoms with Gasteiger partial charge in [-0.15, -0.1) is 0 Å². The summed E-state index contributed by atoms with van der Waals surface area (Å²) >= 11 is 0. The number of nitrogens with one attached hydrogen (secondary N) is 1. The van der Waals surface area contributed by atoms with Crippen molar-refractivity contribution in [3.63, 3.8) is 0 Å². The predicted octanol–water partition coefficient (Wildman–Crippen LogP) is -0.100. The highest BCUT2D eigenvalue weighted by Gasteiger charge is 2.39. The summed E-state index contributed by atoms with van der Waals surface area (Å²) in [5.41, 5.74) is 5.02. The molecule has 0 aromatic heterocycles. The van der Waals surface area contributed by atoms with Crippen molar-refractivity contribution in [3.8, 4) is 0 Å². The van der Waals surface area contributed by atoms with Gasteiger partial charge in [-0.3, -0.25) is 4.79 Å². The number of rotatable bonds is 7. The highest BCUT2D eigenvalue weighted by molar-refractivity contribution is 7.90. The van der Waals surface area contributed by atoms with Crippen LogP contribution >= 0.6 is 0 Å². The van der Waals surface area contributed by atoms with Crippen LogP contribution in [0.1, 0.15) is 38.5 Å². The number of carbonyl (C=O) groups is 2. The molecule has 1 aliphatic carbocycles. The molecule has 1 amide bonds. The van der Waals surface area contributed by atoms with Gasteiger partial charge in [-0.1, -0.05) is 19.3 Å². The maximum atomic E-state index is 12.4. The van der Waals surface area contributed by atoms with E-state index >= 15 is 0 Å². The fourth-order valence-electron chi connectivity index (χ4n) is 2.65. The molecule has 1 unspecified atom stereocenters. The van der Waals surface area contributed by atoms with Gasteiger partial charge in [0, 0.05) is 12.8 Å². The van der Waals surface area contributed by atoms with Crippen molar-refractivity contribution in [2.45, 2.75) is 44.6 Å². The molecular formula is C13H24N2O5S. The second kappa shape index (κ2) is 7.22. The molecular weight excluding hydrogens is 296 g/mol. The van der Waals surface area contributed by atoms with E-state index in [1.807, 2.05) is 0 Å². The van der Waals surface area contributed by atoms with Crippen molar-refractivity contribution in [3.05, 3.63) is 0 Å². The quantitative estimate of drug-likeness (QED) is 0.601. The van der Waals surface area contributed by atoms with E-state index in [1.165, 1.54) is 0 Å². The van der Waals surface area contributed by atoms with E-state index in [0.717, 1.165) is 25.5 Å². The van der Waals surface area contributed by atoms with Crippen molar-refractivity contribution in [1.29, 1.82) is 0 Å². The Labute approximate surface area is 125 Å². The van der Waals surface area contributed by atoms with Gasteiger partial charge in [0.05, 0.1) is 11.2 Å². The number of sulfone groups is 1. The molecule has 1 atom stereocenters. The zero-order valence-corrected chi connectivity index (χ0v) is 13.1. The Hall–Kier alpha value is -1.15. The van der Waals surface area contributed by atoms with E-state index in [0.29, 0.717) is 12.8 Å². The lowest BCUT2D eigenvalue weighted by atomic mass is 9.73. The number of carboxylic acids is 1. The lowest BCUT2D eigenvalue weighted by molar-refractivity contribution is -0.144. The van der Waals surface area contributed by atoms with Gasteiger partial charge >= 0.3 is 5.97 Å². The smallest absolute Gasteiger partial charge is 0.326 e. The van der Waals surface area contributed by atoms with Crippen LogP contribution in [0.2, 0.25) is 0 Å². The number of hydrogen-bond donors (Lipinski definition) is 3. The first-order valence-corrected chi connectivity index (χ1v) is 9.18. The number of carboxylic acid groups (broad SMARTS) is 1. The fraction of sp³-hybridized carbons (Fsp3) is 0.846. The normalized spacial score (nSPS) is 19.7. The molecule has 122 valence electrons. The van der Waals surface area contributed by atoms with Crippen LogP contribution in [0.5, 0.6) is 0 Å². The van der Waals surface area contributed by atoms with E-state index in [9.17, 15) is 18.0 Å². The Morgan fingerprint density at radius 3 is 2.29 bits per heavy atom. The topological polar surface area (TPSA) is 127 Å². The predicted molar refractivity (Wildman–Crippen MR) is 78.5 cm³/mol. The van der Waals surface area contributed by atoms with Crippen LogP contribution in [0, 0.1) is 5.41 Å². The lowest BCUT2D eigenvalue weighted by Gasteiger charge is -2.35. The molecule has 0 aromatic carbocycles. The second-order valence-corrected chi connectivity index (χ2v) is 8.09. The molecule has 1 saturated carbocycles. The zero-order valence-electron chi connectivity index (χ0n) is 12.3. The average Bonchev–Trinajstić information content (AvgIpc) is 2.42. The van der Waals surface area contributed by atoms with E-state index in [4.69, 9.17) is 10.8 Å². The number of carbonyl (C=O) groups excluding carboxylic acids is 1. The van der Waals surface area contributed by atoms with Crippen molar-refractivity contribution in [2.75, 3.05) is 18.6 Å². The van der Waals surface area contributed by atoms with Gasteiger partial charge in [0.25, 0.3) is 0 Å². The van der Waals surface area contributed by atoms with Crippen LogP contribution in [-0.2, 0) is 19.4 Å². The van der Waals surface area contributed by atoms with Gasteiger partial charge in [-0.05, 0) is 19.3 Å². The van der Waals surface area contributed by atoms with Gasteiger partial charge in [0.15, 0.2) is 0 Å².